The molecule has 0 spiro atoms. The second-order valence-corrected chi connectivity index (χ2v) is 6.56. The quantitative estimate of drug-likeness (QED) is 0.714. The average Bonchev–Trinajstić information content (AvgIpc) is 2.18. The fourth-order valence-electron chi connectivity index (χ4n) is 1.70. The number of ether oxygens (including phenoxy) is 1. The molecule has 0 aromatic heterocycles. The molecule has 4 nitrogen and oxygen atoms in total. The van der Waals surface area contributed by atoms with Gasteiger partial charge in [0.15, 0.2) is 0 Å². The summed E-state index contributed by atoms with van der Waals surface area (Å²) in [6.45, 7) is 5.02. The zero-order chi connectivity index (χ0) is 11.5. The molecule has 1 aliphatic heterocycles. The highest BCUT2D eigenvalue weighted by molar-refractivity contribution is 7.90. The minimum Gasteiger partial charge on any atom is -0.375 e. The van der Waals surface area contributed by atoms with Gasteiger partial charge in [0, 0.05) is 13.1 Å². The first-order valence-corrected chi connectivity index (χ1v) is 7.29. The van der Waals surface area contributed by atoms with Crippen molar-refractivity contribution in [2.45, 2.75) is 38.9 Å². The predicted octanol–water partition coefficient (Wildman–Crippen LogP) is 1.40. The van der Waals surface area contributed by atoms with Crippen LogP contribution in [-0.2, 0) is 14.8 Å². The lowest BCUT2D eigenvalue weighted by molar-refractivity contribution is -0.0168. The van der Waals surface area contributed by atoms with Crippen molar-refractivity contribution in [2.75, 3.05) is 18.3 Å². The molecule has 0 saturated carbocycles. The fourth-order valence-corrected chi connectivity index (χ4v) is 3.02. The predicted molar refractivity (Wildman–Crippen MR) is 60.5 cm³/mol. The first kappa shape index (κ1) is 13.2. The molecule has 0 atom stereocenters. The Morgan fingerprint density at radius 3 is 2.33 bits per heavy atom. The van der Waals surface area contributed by atoms with E-state index in [0.717, 1.165) is 12.8 Å². The van der Waals surface area contributed by atoms with Crippen LogP contribution in [0.25, 0.3) is 0 Å². The van der Waals surface area contributed by atoms with Crippen molar-refractivity contribution in [3.63, 3.8) is 0 Å². The molecule has 0 unspecified atom stereocenters. The van der Waals surface area contributed by atoms with Gasteiger partial charge in [-0.15, -0.1) is 11.6 Å². The number of alkyl halides is 1. The number of rotatable bonds is 4. The summed E-state index contributed by atoms with van der Waals surface area (Å²) in [6, 6.07) is 0. The van der Waals surface area contributed by atoms with Crippen LogP contribution in [-0.4, -0.2) is 43.2 Å². The Kier molecular flexibility index (Phi) is 4.83. The van der Waals surface area contributed by atoms with Crippen molar-refractivity contribution >= 4 is 21.6 Å². The molecule has 1 aliphatic rings. The molecule has 1 rings (SSSR count). The van der Waals surface area contributed by atoms with E-state index in [1.807, 2.05) is 13.8 Å². The zero-order valence-corrected chi connectivity index (χ0v) is 10.7. The van der Waals surface area contributed by atoms with Gasteiger partial charge in [-0.05, 0) is 26.7 Å². The molecular weight excluding hydrogens is 238 g/mol. The SMILES string of the molecule is CC(C)OC1CCN(S(=O)(=O)CCl)CC1. The van der Waals surface area contributed by atoms with Crippen LogP contribution in [0.2, 0.25) is 0 Å². The number of hydrogen-bond donors (Lipinski definition) is 0. The van der Waals surface area contributed by atoms with Crippen LogP contribution in [0.5, 0.6) is 0 Å². The van der Waals surface area contributed by atoms with Crippen LogP contribution in [0.3, 0.4) is 0 Å². The van der Waals surface area contributed by atoms with Crippen molar-refractivity contribution < 1.29 is 13.2 Å². The second kappa shape index (κ2) is 5.48. The first-order valence-electron chi connectivity index (χ1n) is 5.15. The molecule has 15 heavy (non-hydrogen) atoms. The summed E-state index contributed by atoms with van der Waals surface area (Å²) in [6.07, 6.45) is 1.90. The highest BCUT2D eigenvalue weighted by Crippen LogP contribution is 2.18. The Hall–Kier alpha value is 0.160. The van der Waals surface area contributed by atoms with Crippen LogP contribution < -0.4 is 0 Å². The maximum atomic E-state index is 11.4. The summed E-state index contributed by atoms with van der Waals surface area (Å²) in [5, 5.41) is -0.331. The van der Waals surface area contributed by atoms with Gasteiger partial charge >= 0.3 is 0 Å². The summed E-state index contributed by atoms with van der Waals surface area (Å²) in [5.74, 6) is 0. The van der Waals surface area contributed by atoms with Gasteiger partial charge in [-0.2, -0.15) is 0 Å². The Bertz CT molecular complexity index is 284. The van der Waals surface area contributed by atoms with Gasteiger partial charge in [-0.25, -0.2) is 12.7 Å². The van der Waals surface area contributed by atoms with Crippen LogP contribution >= 0.6 is 11.6 Å². The number of nitrogens with zero attached hydrogens (tertiary/aromatic N) is 1. The first-order chi connectivity index (χ1) is 6.95. The summed E-state index contributed by atoms with van der Waals surface area (Å²) in [4.78, 5) is 0. The van der Waals surface area contributed by atoms with E-state index in [0.29, 0.717) is 13.1 Å². The van der Waals surface area contributed by atoms with Crippen LogP contribution in [0.4, 0.5) is 0 Å². The molecule has 0 aromatic carbocycles. The third kappa shape index (κ3) is 3.90. The van der Waals surface area contributed by atoms with Crippen LogP contribution in [0.1, 0.15) is 26.7 Å². The normalized spacial score (nSPS) is 21.1. The topological polar surface area (TPSA) is 46.6 Å². The average molecular weight is 256 g/mol. The van der Waals surface area contributed by atoms with Crippen molar-refractivity contribution in [3.8, 4) is 0 Å². The van der Waals surface area contributed by atoms with Gasteiger partial charge in [0.25, 0.3) is 0 Å². The van der Waals surface area contributed by atoms with E-state index in [2.05, 4.69) is 0 Å². The summed E-state index contributed by atoms with van der Waals surface area (Å²) >= 11 is 5.39. The van der Waals surface area contributed by atoms with Crippen molar-refractivity contribution in [3.05, 3.63) is 0 Å². The highest BCUT2D eigenvalue weighted by atomic mass is 35.5. The van der Waals surface area contributed by atoms with E-state index in [-0.39, 0.29) is 17.4 Å². The molecule has 1 heterocycles. The minimum absolute atomic E-state index is 0.187. The monoisotopic (exact) mass is 255 g/mol. The summed E-state index contributed by atoms with van der Waals surface area (Å²) in [7, 11) is -3.23. The van der Waals surface area contributed by atoms with Crippen LogP contribution in [0.15, 0.2) is 0 Å². The van der Waals surface area contributed by atoms with E-state index >= 15 is 0 Å². The minimum atomic E-state index is -3.23. The molecule has 0 radical (unpaired) electrons. The van der Waals surface area contributed by atoms with Gasteiger partial charge in [-0.3, -0.25) is 0 Å². The van der Waals surface area contributed by atoms with E-state index < -0.39 is 10.0 Å². The van der Waals surface area contributed by atoms with Crippen molar-refractivity contribution in [2.24, 2.45) is 0 Å². The van der Waals surface area contributed by atoms with Gasteiger partial charge in [0.1, 0.15) is 5.21 Å². The maximum absolute atomic E-state index is 11.4. The molecular formula is C9H18ClNO3S. The molecule has 0 bridgehead atoms. The smallest absolute Gasteiger partial charge is 0.228 e. The van der Waals surface area contributed by atoms with Gasteiger partial charge < -0.3 is 4.74 Å². The van der Waals surface area contributed by atoms with E-state index in [1.165, 1.54) is 4.31 Å². The molecule has 1 saturated heterocycles. The van der Waals surface area contributed by atoms with E-state index in [4.69, 9.17) is 16.3 Å². The largest absolute Gasteiger partial charge is 0.375 e. The second-order valence-electron chi connectivity index (χ2n) is 4.00. The van der Waals surface area contributed by atoms with E-state index in [1.54, 1.807) is 0 Å². The number of hydrogen-bond acceptors (Lipinski definition) is 3. The number of sulfonamides is 1. The molecule has 6 heteroatoms. The lowest BCUT2D eigenvalue weighted by Crippen LogP contribution is -2.41. The Morgan fingerprint density at radius 1 is 1.40 bits per heavy atom. The molecule has 0 aromatic rings. The third-order valence-corrected chi connectivity index (χ3v) is 4.65. The van der Waals surface area contributed by atoms with Crippen molar-refractivity contribution in [1.82, 2.24) is 4.31 Å². The van der Waals surface area contributed by atoms with Gasteiger partial charge in [-0.1, -0.05) is 0 Å². The number of halogens is 1. The zero-order valence-electron chi connectivity index (χ0n) is 9.15. The lowest BCUT2D eigenvalue weighted by Gasteiger charge is -2.31. The lowest BCUT2D eigenvalue weighted by atomic mass is 10.1. The summed E-state index contributed by atoms with van der Waals surface area (Å²) in [5.41, 5.74) is 0. The van der Waals surface area contributed by atoms with Gasteiger partial charge in [0.2, 0.25) is 10.0 Å². The van der Waals surface area contributed by atoms with E-state index in [9.17, 15) is 8.42 Å². The maximum Gasteiger partial charge on any atom is 0.228 e. The number of piperidine rings is 1. The Balaban J connectivity index is 2.43. The van der Waals surface area contributed by atoms with Crippen molar-refractivity contribution in [1.29, 1.82) is 0 Å². The fraction of sp³-hybridized carbons (Fsp3) is 1.00. The molecule has 1 fully saturated rings. The van der Waals surface area contributed by atoms with Crippen LogP contribution in [0, 0.1) is 0 Å². The molecule has 0 aliphatic carbocycles. The highest BCUT2D eigenvalue weighted by Gasteiger charge is 2.27. The van der Waals surface area contributed by atoms with Gasteiger partial charge in [0.05, 0.1) is 12.2 Å². The standard InChI is InChI=1S/C9H18ClNO3S/c1-8(2)14-9-3-5-11(6-4-9)15(12,13)7-10/h8-9H,3-7H2,1-2H3. The molecule has 0 amide bonds. The molecule has 90 valence electrons. The Morgan fingerprint density at radius 2 is 1.93 bits per heavy atom. The Labute approximate surface area is 96.6 Å². The molecule has 0 N–H and O–H groups in total. The summed E-state index contributed by atoms with van der Waals surface area (Å²) < 4.78 is 29.9. The third-order valence-electron chi connectivity index (χ3n) is 2.40.